The highest BCUT2D eigenvalue weighted by atomic mass is 19.2. The maximum absolute atomic E-state index is 16.1. The predicted octanol–water partition coefficient (Wildman–Crippen LogP) is 1.93. The molecule has 1 aliphatic heterocycles. The summed E-state index contributed by atoms with van der Waals surface area (Å²) in [6.45, 7) is 0.591. The van der Waals surface area contributed by atoms with Crippen LogP contribution in [0.1, 0.15) is 23.6 Å². The monoisotopic (exact) mass is 510 g/mol. The zero-order chi connectivity index (χ0) is 26.7. The first-order chi connectivity index (χ1) is 17.5. The lowest BCUT2D eigenvalue weighted by Crippen LogP contribution is -2.83. The molecule has 0 amide bonds. The Balaban J connectivity index is 1.75. The molecule has 3 aromatic carbocycles. The van der Waals surface area contributed by atoms with Gasteiger partial charge in [-0.2, -0.15) is 4.39 Å². The zero-order valence-electron chi connectivity index (χ0n) is 20.4. The van der Waals surface area contributed by atoms with E-state index in [0.717, 1.165) is 5.56 Å². The number of alkyl halides is 1. The van der Waals surface area contributed by atoms with Crippen molar-refractivity contribution in [2.45, 2.75) is 43.0 Å². The predicted molar refractivity (Wildman–Crippen MR) is 134 cm³/mol. The van der Waals surface area contributed by atoms with E-state index in [-0.39, 0.29) is 6.61 Å². The van der Waals surface area contributed by atoms with Crippen LogP contribution < -0.4 is 22.9 Å². The number of nitrogens with two attached hydrogens (primary N) is 4. The Bertz CT molecular complexity index is 1160. The van der Waals surface area contributed by atoms with Crippen LogP contribution in [0.25, 0.3) is 0 Å². The summed E-state index contributed by atoms with van der Waals surface area (Å²) in [6, 6.07) is 26.0. The molecule has 9 nitrogen and oxygen atoms in total. The van der Waals surface area contributed by atoms with E-state index in [1.54, 1.807) is 84.9 Å². The van der Waals surface area contributed by atoms with Gasteiger partial charge in [-0.3, -0.25) is 20.0 Å². The van der Waals surface area contributed by atoms with Crippen molar-refractivity contribution >= 4 is 5.78 Å². The fourth-order valence-corrected chi connectivity index (χ4v) is 4.27. The van der Waals surface area contributed by atoms with Gasteiger partial charge < -0.3 is 20.9 Å². The number of benzene rings is 3. The third-order valence-corrected chi connectivity index (χ3v) is 6.16. The molecule has 1 saturated heterocycles. The molecule has 196 valence electrons. The normalized spacial score (nSPS) is 26.0. The van der Waals surface area contributed by atoms with E-state index in [0.29, 0.717) is 11.1 Å². The van der Waals surface area contributed by atoms with Crippen molar-refractivity contribution in [1.29, 1.82) is 0 Å². The van der Waals surface area contributed by atoms with Crippen molar-refractivity contribution in [3.05, 3.63) is 108 Å². The van der Waals surface area contributed by atoms with Crippen molar-refractivity contribution < 1.29 is 28.1 Å². The van der Waals surface area contributed by atoms with Crippen molar-refractivity contribution in [3.8, 4) is 0 Å². The summed E-state index contributed by atoms with van der Waals surface area (Å²) in [5.41, 5.74) is 22.0. The molecule has 4 rings (SSSR count). The number of ether oxygens (including phenoxy) is 4. The van der Waals surface area contributed by atoms with Crippen molar-refractivity contribution in [2.24, 2.45) is 22.9 Å². The van der Waals surface area contributed by atoms with E-state index in [2.05, 4.69) is 0 Å². The minimum absolute atomic E-state index is 0.0625. The highest BCUT2D eigenvalue weighted by molar-refractivity contribution is 5.82. The van der Waals surface area contributed by atoms with Gasteiger partial charge in [-0.15, -0.1) is 0 Å². The average molecular weight is 511 g/mol. The first kappa shape index (κ1) is 27.0. The van der Waals surface area contributed by atoms with Crippen LogP contribution in [0.4, 0.5) is 4.39 Å². The highest BCUT2D eigenvalue weighted by Crippen LogP contribution is 2.43. The molecule has 3 aromatic rings. The molecule has 0 saturated carbocycles. The Morgan fingerprint density at radius 2 is 1.35 bits per heavy atom. The number of carbonyl (C=O) groups is 1. The molecule has 3 atom stereocenters. The standard InChI is InChI=1S/C27H31FN4O5/c1-19(33)23(34-17-20-11-5-2-6-12-20)26(31)24(29,30)18-35-25(36-27(28,32)37-26,21-13-7-3-8-14-21)22-15-9-4-10-16-22/h2-16,23H,17-18,29-32H2,1H3. The fraction of sp³-hybridized carbons (Fsp3) is 0.296. The van der Waals surface area contributed by atoms with Gasteiger partial charge in [0.25, 0.3) is 0 Å². The van der Waals surface area contributed by atoms with Crippen LogP contribution in [0, 0.1) is 0 Å². The molecular weight excluding hydrogens is 479 g/mol. The minimum atomic E-state index is -3.44. The summed E-state index contributed by atoms with van der Waals surface area (Å²) in [4.78, 5) is 12.7. The summed E-state index contributed by atoms with van der Waals surface area (Å²) in [7, 11) is 0. The van der Waals surface area contributed by atoms with E-state index in [9.17, 15) is 4.79 Å². The van der Waals surface area contributed by atoms with Crippen LogP contribution in [-0.2, 0) is 36.1 Å². The van der Waals surface area contributed by atoms with Crippen molar-refractivity contribution in [3.63, 3.8) is 0 Å². The lowest BCUT2D eigenvalue weighted by molar-refractivity contribution is -0.453. The van der Waals surface area contributed by atoms with Crippen LogP contribution in [0.2, 0.25) is 0 Å². The van der Waals surface area contributed by atoms with Crippen molar-refractivity contribution in [2.75, 3.05) is 6.61 Å². The third-order valence-electron chi connectivity index (χ3n) is 6.16. The number of hydrogen-bond donors (Lipinski definition) is 4. The van der Waals surface area contributed by atoms with Gasteiger partial charge in [0, 0.05) is 11.1 Å². The SMILES string of the molecule is CC(=O)C(OCc1ccccc1)C1(N)OC(N)(F)OC(c2ccccc2)(c2ccccc2)OCC1(N)N. The number of rotatable bonds is 7. The van der Waals surface area contributed by atoms with E-state index >= 15 is 4.39 Å². The van der Waals surface area contributed by atoms with E-state index in [1.165, 1.54) is 6.92 Å². The Hall–Kier alpha value is -3.06. The molecule has 0 bridgehead atoms. The number of hydrogen-bond acceptors (Lipinski definition) is 9. The van der Waals surface area contributed by atoms with Crippen molar-refractivity contribution in [1.82, 2.24) is 0 Å². The van der Waals surface area contributed by atoms with Crippen LogP contribution in [0.3, 0.4) is 0 Å². The largest absolute Gasteiger partial charge is 0.389 e. The Morgan fingerprint density at radius 3 is 1.84 bits per heavy atom. The average Bonchev–Trinajstić information content (AvgIpc) is 2.87. The molecule has 0 aromatic heterocycles. The van der Waals surface area contributed by atoms with Gasteiger partial charge in [-0.1, -0.05) is 91.0 Å². The van der Waals surface area contributed by atoms with Crippen LogP contribution in [-0.4, -0.2) is 36.0 Å². The third kappa shape index (κ3) is 5.47. The second kappa shape index (κ2) is 10.4. The molecular formula is C27H31FN4O5. The maximum Gasteiger partial charge on any atom is 0.389 e. The molecule has 3 unspecified atom stereocenters. The molecule has 10 heteroatoms. The maximum atomic E-state index is 16.1. The first-order valence-corrected chi connectivity index (χ1v) is 11.6. The topological polar surface area (TPSA) is 158 Å². The van der Waals surface area contributed by atoms with Gasteiger partial charge in [0.15, 0.2) is 17.6 Å². The highest BCUT2D eigenvalue weighted by Gasteiger charge is 2.62. The molecule has 8 N–H and O–H groups in total. The summed E-state index contributed by atoms with van der Waals surface area (Å²) in [5, 5.41) is 0. The van der Waals surface area contributed by atoms with Crippen LogP contribution >= 0.6 is 0 Å². The molecule has 0 aliphatic carbocycles. The second-order valence-electron chi connectivity index (χ2n) is 9.04. The summed E-state index contributed by atoms with van der Waals surface area (Å²) >= 11 is 0. The van der Waals surface area contributed by atoms with Gasteiger partial charge in [0.1, 0.15) is 5.66 Å². The lowest BCUT2D eigenvalue weighted by atomic mass is 9.89. The van der Waals surface area contributed by atoms with Gasteiger partial charge >= 0.3 is 6.16 Å². The minimum Gasteiger partial charge on any atom is -0.361 e. The second-order valence-corrected chi connectivity index (χ2v) is 9.04. The first-order valence-electron chi connectivity index (χ1n) is 11.6. The Morgan fingerprint density at radius 1 is 0.865 bits per heavy atom. The quantitative estimate of drug-likeness (QED) is 0.275. The number of Topliss-reactive ketones (excluding diaryl/α,β-unsaturated/α-hetero) is 1. The summed E-state index contributed by atoms with van der Waals surface area (Å²) < 4.78 is 39.3. The van der Waals surface area contributed by atoms with E-state index < -0.39 is 41.8 Å². The summed E-state index contributed by atoms with van der Waals surface area (Å²) in [6.07, 6.45) is -5.07. The van der Waals surface area contributed by atoms with Crippen LogP contribution in [0.15, 0.2) is 91.0 Å². The molecule has 0 radical (unpaired) electrons. The van der Waals surface area contributed by atoms with E-state index in [4.69, 9.17) is 41.9 Å². The molecule has 0 spiro atoms. The van der Waals surface area contributed by atoms with E-state index in [1.807, 2.05) is 6.07 Å². The molecule has 37 heavy (non-hydrogen) atoms. The lowest BCUT2D eigenvalue weighted by Gasteiger charge is -2.52. The molecule has 1 fully saturated rings. The van der Waals surface area contributed by atoms with Gasteiger partial charge in [0.2, 0.25) is 5.79 Å². The van der Waals surface area contributed by atoms with Gasteiger partial charge in [-0.25, -0.2) is 5.73 Å². The number of ketones is 1. The number of halogens is 1. The molecule has 1 heterocycles. The fourth-order valence-electron chi connectivity index (χ4n) is 4.27. The number of carbonyl (C=O) groups excluding carboxylic acids is 1. The van der Waals surface area contributed by atoms with Gasteiger partial charge in [0.05, 0.1) is 13.2 Å². The smallest absolute Gasteiger partial charge is 0.361 e. The Kier molecular flexibility index (Phi) is 7.56. The summed E-state index contributed by atoms with van der Waals surface area (Å²) in [5.74, 6) is -2.54. The molecule has 1 aliphatic rings. The zero-order valence-corrected chi connectivity index (χ0v) is 20.4. The van der Waals surface area contributed by atoms with Gasteiger partial charge in [-0.05, 0) is 12.5 Å². The van der Waals surface area contributed by atoms with Crippen LogP contribution in [0.5, 0.6) is 0 Å². The Labute approximate surface area is 214 Å².